The third kappa shape index (κ3) is 1.94. The monoisotopic (exact) mass is 146 g/mol. The average Bonchev–Trinajstić information content (AvgIpc) is 2.37. The van der Waals surface area contributed by atoms with Crippen molar-refractivity contribution in [1.29, 1.82) is 0 Å². The van der Waals surface area contributed by atoms with E-state index < -0.39 is 0 Å². The molecule has 0 saturated carbocycles. The van der Waals surface area contributed by atoms with Gasteiger partial charge in [-0.3, -0.25) is 0 Å². The van der Waals surface area contributed by atoms with Crippen LogP contribution in [-0.2, 0) is 9.47 Å². The number of aliphatic hydroxyl groups is 1. The summed E-state index contributed by atoms with van der Waals surface area (Å²) in [6.45, 7) is 2.74. The van der Waals surface area contributed by atoms with Crippen LogP contribution >= 0.6 is 0 Å². The zero-order chi connectivity index (χ0) is 7.40. The van der Waals surface area contributed by atoms with Crippen molar-refractivity contribution >= 4 is 0 Å². The molecule has 0 bridgehead atoms. The lowest BCUT2D eigenvalue weighted by atomic mass is 10.2. The predicted molar refractivity (Wildman–Crippen MR) is 36.6 cm³/mol. The Morgan fingerprint density at radius 2 is 2.40 bits per heavy atom. The van der Waals surface area contributed by atoms with Crippen molar-refractivity contribution in [3.05, 3.63) is 0 Å². The maximum Gasteiger partial charge on any atom is 0.158 e. The minimum absolute atomic E-state index is 0.0107. The molecule has 1 saturated heterocycles. The van der Waals surface area contributed by atoms with Crippen LogP contribution in [0.1, 0.15) is 19.8 Å². The van der Waals surface area contributed by atoms with Crippen LogP contribution in [0.2, 0.25) is 0 Å². The molecule has 0 radical (unpaired) electrons. The van der Waals surface area contributed by atoms with Crippen LogP contribution in [0.15, 0.2) is 0 Å². The highest BCUT2D eigenvalue weighted by molar-refractivity contribution is 4.66. The van der Waals surface area contributed by atoms with Crippen LogP contribution in [0.25, 0.3) is 0 Å². The Morgan fingerprint density at radius 1 is 1.60 bits per heavy atom. The molecule has 10 heavy (non-hydrogen) atoms. The maximum atomic E-state index is 8.67. The van der Waals surface area contributed by atoms with Crippen LogP contribution in [0, 0.1) is 0 Å². The highest BCUT2D eigenvalue weighted by Gasteiger charge is 2.24. The van der Waals surface area contributed by atoms with E-state index in [0.29, 0.717) is 6.61 Å². The number of ether oxygens (including phenoxy) is 2. The van der Waals surface area contributed by atoms with E-state index in [4.69, 9.17) is 14.6 Å². The number of hydrogen-bond donors (Lipinski definition) is 1. The van der Waals surface area contributed by atoms with E-state index in [2.05, 4.69) is 0 Å². The number of hydrogen-bond acceptors (Lipinski definition) is 3. The van der Waals surface area contributed by atoms with E-state index in [1.165, 1.54) is 0 Å². The van der Waals surface area contributed by atoms with Crippen molar-refractivity contribution in [1.82, 2.24) is 0 Å². The van der Waals surface area contributed by atoms with Crippen molar-refractivity contribution < 1.29 is 14.6 Å². The lowest BCUT2D eigenvalue weighted by molar-refractivity contribution is -0.137. The fraction of sp³-hybridized carbons (Fsp3) is 1.00. The van der Waals surface area contributed by atoms with Gasteiger partial charge in [0.15, 0.2) is 6.29 Å². The normalized spacial score (nSPS) is 33.0. The third-order valence-corrected chi connectivity index (χ3v) is 1.62. The molecule has 0 spiro atoms. The minimum Gasteiger partial charge on any atom is -0.394 e. The van der Waals surface area contributed by atoms with Crippen molar-refractivity contribution in [2.75, 3.05) is 13.2 Å². The molecule has 3 nitrogen and oxygen atoms in total. The van der Waals surface area contributed by atoms with E-state index in [1.54, 1.807) is 0 Å². The fourth-order valence-electron chi connectivity index (χ4n) is 1.12. The summed E-state index contributed by atoms with van der Waals surface area (Å²) >= 11 is 0. The van der Waals surface area contributed by atoms with Gasteiger partial charge in [0.1, 0.15) is 0 Å². The Bertz CT molecular complexity index is 94.9. The summed E-state index contributed by atoms with van der Waals surface area (Å²) in [5.74, 6) is 0. The largest absolute Gasteiger partial charge is 0.394 e. The Hall–Kier alpha value is -0.120. The SMILES string of the molecule is CCO[C@H]1CC[C@@H](CO)O1. The molecule has 60 valence electrons. The molecule has 3 heteroatoms. The molecule has 0 aromatic heterocycles. The van der Waals surface area contributed by atoms with Crippen LogP contribution in [0.5, 0.6) is 0 Å². The predicted octanol–water partition coefficient (Wildman–Crippen LogP) is 0.520. The molecule has 1 aliphatic heterocycles. The standard InChI is InChI=1S/C7H14O3/c1-2-9-7-4-3-6(5-8)10-7/h6-8H,2-5H2,1H3/t6-,7+/m0/s1. The summed E-state index contributed by atoms with van der Waals surface area (Å²) in [5, 5.41) is 8.67. The summed E-state index contributed by atoms with van der Waals surface area (Å²) in [4.78, 5) is 0. The zero-order valence-corrected chi connectivity index (χ0v) is 6.25. The van der Waals surface area contributed by atoms with Crippen molar-refractivity contribution in [3.63, 3.8) is 0 Å². The summed E-state index contributed by atoms with van der Waals surface area (Å²) < 4.78 is 10.5. The highest BCUT2D eigenvalue weighted by atomic mass is 16.7. The second-order valence-corrected chi connectivity index (χ2v) is 2.40. The molecule has 2 atom stereocenters. The molecular weight excluding hydrogens is 132 g/mol. The van der Waals surface area contributed by atoms with Crippen LogP contribution in [0.3, 0.4) is 0 Å². The molecular formula is C7H14O3. The summed E-state index contributed by atoms with van der Waals surface area (Å²) in [6, 6.07) is 0. The molecule has 1 fully saturated rings. The smallest absolute Gasteiger partial charge is 0.158 e. The van der Waals surface area contributed by atoms with Gasteiger partial charge in [-0.15, -0.1) is 0 Å². The van der Waals surface area contributed by atoms with Gasteiger partial charge in [-0.25, -0.2) is 0 Å². The first kappa shape index (κ1) is 7.98. The Morgan fingerprint density at radius 3 is 2.90 bits per heavy atom. The average molecular weight is 146 g/mol. The van der Waals surface area contributed by atoms with Gasteiger partial charge in [0.25, 0.3) is 0 Å². The molecule has 0 aromatic carbocycles. The van der Waals surface area contributed by atoms with Crippen molar-refractivity contribution in [2.24, 2.45) is 0 Å². The Kier molecular flexibility index (Phi) is 3.12. The third-order valence-electron chi connectivity index (χ3n) is 1.62. The first-order valence-corrected chi connectivity index (χ1v) is 3.74. The number of aliphatic hydroxyl groups excluding tert-OH is 1. The highest BCUT2D eigenvalue weighted by Crippen LogP contribution is 2.19. The summed E-state index contributed by atoms with van der Waals surface area (Å²) in [6.07, 6.45) is 1.78. The van der Waals surface area contributed by atoms with Crippen LogP contribution in [-0.4, -0.2) is 30.7 Å². The van der Waals surface area contributed by atoms with Crippen molar-refractivity contribution in [3.8, 4) is 0 Å². The van der Waals surface area contributed by atoms with Crippen LogP contribution < -0.4 is 0 Å². The van der Waals surface area contributed by atoms with Gasteiger partial charge in [0.05, 0.1) is 12.7 Å². The summed E-state index contributed by atoms with van der Waals surface area (Å²) in [5.41, 5.74) is 0. The fourth-order valence-corrected chi connectivity index (χ4v) is 1.12. The lowest BCUT2D eigenvalue weighted by Crippen LogP contribution is -2.16. The van der Waals surface area contributed by atoms with Gasteiger partial charge in [-0.05, 0) is 13.3 Å². The maximum absolute atomic E-state index is 8.67. The van der Waals surface area contributed by atoms with Gasteiger partial charge < -0.3 is 14.6 Å². The van der Waals surface area contributed by atoms with E-state index >= 15 is 0 Å². The molecule has 1 heterocycles. The first-order chi connectivity index (χ1) is 4.86. The van der Waals surface area contributed by atoms with Gasteiger partial charge in [0.2, 0.25) is 0 Å². The second kappa shape index (κ2) is 3.91. The molecule has 1 N–H and O–H groups in total. The Labute approximate surface area is 60.9 Å². The molecule has 0 unspecified atom stereocenters. The molecule has 0 amide bonds. The zero-order valence-electron chi connectivity index (χ0n) is 6.25. The van der Waals surface area contributed by atoms with E-state index in [-0.39, 0.29) is 19.0 Å². The lowest BCUT2D eigenvalue weighted by Gasteiger charge is -2.10. The van der Waals surface area contributed by atoms with E-state index in [9.17, 15) is 0 Å². The van der Waals surface area contributed by atoms with E-state index in [1.807, 2.05) is 6.92 Å². The topological polar surface area (TPSA) is 38.7 Å². The first-order valence-electron chi connectivity index (χ1n) is 3.74. The molecule has 0 aliphatic carbocycles. The number of rotatable bonds is 3. The van der Waals surface area contributed by atoms with Crippen molar-refractivity contribution in [2.45, 2.75) is 32.2 Å². The molecule has 1 aliphatic rings. The minimum atomic E-state index is -0.0675. The molecule has 1 rings (SSSR count). The van der Waals surface area contributed by atoms with Gasteiger partial charge >= 0.3 is 0 Å². The second-order valence-electron chi connectivity index (χ2n) is 2.40. The quantitative estimate of drug-likeness (QED) is 0.631. The van der Waals surface area contributed by atoms with Gasteiger partial charge in [-0.2, -0.15) is 0 Å². The molecule has 0 aromatic rings. The van der Waals surface area contributed by atoms with Gasteiger partial charge in [0, 0.05) is 13.0 Å². The van der Waals surface area contributed by atoms with Gasteiger partial charge in [-0.1, -0.05) is 0 Å². The Balaban J connectivity index is 2.15. The van der Waals surface area contributed by atoms with Crippen LogP contribution in [0.4, 0.5) is 0 Å². The summed E-state index contributed by atoms with van der Waals surface area (Å²) in [7, 11) is 0. The van der Waals surface area contributed by atoms with E-state index in [0.717, 1.165) is 12.8 Å².